The van der Waals surface area contributed by atoms with Gasteiger partial charge < -0.3 is 9.88 Å². The first-order chi connectivity index (χ1) is 11.7. The zero-order valence-electron chi connectivity index (χ0n) is 13.0. The van der Waals surface area contributed by atoms with Crippen molar-refractivity contribution in [2.75, 3.05) is 11.4 Å². The maximum absolute atomic E-state index is 13.6. The van der Waals surface area contributed by atoms with Gasteiger partial charge in [-0.1, -0.05) is 11.6 Å². The first-order valence-electron chi connectivity index (χ1n) is 8.26. The summed E-state index contributed by atoms with van der Waals surface area (Å²) in [7, 11) is 0. The Bertz CT molecular complexity index is 948. The smallest absolute Gasteiger partial charge is 0.135 e. The molecule has 1 aliphatic carbocycles. The quantitative estimate of drug-likeness (QED) is 0.710. The molecule has 0 bridgehead atoms. The lowest BCUT2D eigenvalue weighted by Crippen LogP contribution is -2.31. The van der Waals surface area contributed by atoms with Gasteiger partial charge in [0.05, 0.1) is 0 Å². The Morgan fingerprint density at radius 3 is 2.92 bits per heavy atom. The van der Waals surface area contributed by atoms with Gasteiger partial charge in [-0.05, 0) is 31.0 Å². The van der Waals surface area contributed by atoms with Crippen LogP contribution in [0.2, 0.25) is 5.15 Å². The van der Waals surface area contributed by atoms with Gasteiger partial charge in [-0.15, -0.1) is 0 Å². The minimum Gasteiger partial charge on any atom is -0.358 e. The number of H-pyrrole nitrogens is 1. The van der Waals surface area contributed by atoms with Crippen LogP contribution in [0.5, 0.6) is 0 Å². The van der Waals surface area contributed by atoms with Gasteiger partial charge >= 0.3 is 0 Å². The molecule has 1 aliphatic heterocycles. The summed E-state index contributed by atoms with van der Waals surface area (Å²) in [6, 6.07) is 6.73. The third-order valence-electron chi connectivity index (χ3n) is 4.90. The fourth-order valence-electron chi connectivity index (χ4n) is 3.49. The molecule has 3 heterocycles. The Morgan fingerprint density at radius 1 is 1.21 bits per heavy atom. The van der Waals surface area contributed by atoms with E-state index in [1.165, 1.54) is 11.8 Å². The zero-order chi connectivity index (χ0) is 16.3. The second-order valence-electron chi connectivity index (χ2n) is 6.62. The summed E-state index contributed by atoms with van der Waals surface area (Å²) in [5, 5.41) is 1.45. The normalized spacial score (nSPS) is 17.3. The van der Waals surface area contributed by atoms with Crippen molar-refractivity contribution in [3.05, 3.63) is 52.3 Å². The summed E-state index contributed by atoms with van der Waals surface area (Å²) in [5.74, 6) is 1.98. The van der Waals surface area contributed by atoms with Crippen molar-refractivity contribution in [3.8, 4) is 0 Å². The minimum absolute atomic E-state index is 0.206. The van der Waals surface area contributed by atoms with Crippen molar-refractivity contribution in [1.29, 1.82) is 0 Å². The molecular weight excluding hydrogens is 327 g/mol. The first kappa shape index (κ1) is 14.2. The Morgan fingerprint density at radius 2 is 2.08 bits per heavy atom. The molecule has 2 aromatic heterocycles. The van der Waals surface area contributed by atoms with Crippen LogP contribution in [0.4, 0.5) is 10.2 Å². The third kappa shape index (κ3) is 2.35. The average Bonchev–Trinajstić information content (AvgIpc) is 3.36. The van der Waals surface area contributed by atoms with Gasteiger partial charge in [0.2, 0.25) is 0 Å². The summed E-state index contributed by atoms with van der Waals surface area (Å²) in [5.41, 5.74) is 3.33. The van der Waals surface area contributed by atoms with Gasteiger partial charge in [-0.2, -0.15) is 0 Å². The van der Waals surface area contributed by atoms with E-state index in [1.807, 2.05) is 6.07 Å². The second kappa shape index (κ2) is 5.18. The molecule has 0 radical (unpaired) electrons. The molecule has 1 saturated carbocycles. The lowest BCUT2D eigenvalue weighted by atomic mass is 10.0. The molecule has 0 saturated heterocycles. The molecule has 122 valence electrons. The Labute approximate surface area is 143 Å². The molecule has 6 heteroatoms. The number of nitrogens with zero attached hydrogens (tertiary/aromatic N) is 3. The van der Waals surface area contributed by atoms with Gasteiger partial charge in [-0.3, -0.25) is 0 Å². The molecule has 0 spiro atoms. The molecule has 1 fully saturated rings. The number of anilines is 1. The van der Waals surface area contributed by atoms with E-state index in [1.54, 1.807) is 12.1 Å². The molecule has 0 amide bonds. The van der Waals surface area contributed by atoms with Crippen LogP contribution < -0.4 is 4.90 Å². The minimum atomic E-state index is -0.206. The number of aromatic nitrogens is 3. The van der Waals surface area contributed by atoms with E-state index < -0.39 is 0 Å². The van der Waals surface area contributed by atoms with Gasteiger partial charge in [-0.25, -0.2) is 14.4 Å². The molecule has 0 atom stereocenters. The third-order valence-corrected chi connectivity index (χ3v) is 5.10. The molecule has 5 rings (SSSR count). The van der Waals surface area contributed by atoms with E-state index in [0.717, 1.165) is 53.9 Å². The lowest BCUT2D eigenvalue weighted by molar-refractivity contribution is 0.629. The van der Waals surface area contributed by atoms with E-state index in [-0.39, 0.29) is 5.82 Å². The molecule has 4 nitrogen and oxygen atoms in total. The number of hydrogen-bond acceptors (Lipinski definition) is 3. The average molecular weight is 343 g/mol. The first-order valence-corrected chi connectivity index (χ1v) is 8.63. The SMILES string of the molecule is Fc1ccc2[nH]c3c(c2c1)CN(c1cc(Cl)nc(C2CC2)n1)CC3. The maximum Gasteiger partial charge on any atom is 0.135 e. The summed E-state index contributed by atoms with van der Waals surface area (Å²) in [6.45, 7) is 1.57. The number of nitrogens with one attached hydrogen (secondary N) is 1. The molecule has 2 aliphatic rings. The predicted molar refractivity (Wildman–Crippen MR) is 92.0 cm³/mol. The topological polar surface area (TPSA) is 44.8 Å². The molecular formula is C18H16ClFN4. The Balaban J connectivity index is 1.54. The van der Waals surface area contributed by atoms with Crippen LogP contribution in [0.15, 0.2) is 24.3 Å². The zero-order valence-corrected chi connectivity index (χ0v) is 13.8. The highest BCUT2D eigenvalue weighted by Gasteiger charge is 2.29. The van der Waals surface area contributed by atoms with Crippen LogP contribution in [-0.2, 0) is 13.0 Å². The van der Waals surface area contributed by atoms with Crippen LogP contribution in [0.1, 0.15) is 35.8 Å². The van der Waals surface area contributed by atoms with Crippen molar-refractivity contribution in [1.82, 2.24) is 15.0 Å². The van der Waals surface area contributed by atoms with Crippen molar-refractivity contribution in [2.24, 2.45) is 0 Å². The molecule has 3 aromatic rings. The number of hydrogen-bond donors (Lipinski definition) is 1. The molecule has 0 unspecified atom stereocenters. The highest BCUT2D eigenvalue weighted by atomic mass is 35.5. The number of rotatable bonds is 2. The monoisotopic (exact) mass is 342 g/mol. The van der Waals surface area contributed by atoms with E-state index in [0.29, 0.717) is 17.6 Å². The van der Waals surface area contributed by atoms with Crippen LogP contribution in [-0.4, -0.2) is 21.5 Å². The number of aromatic amines is 1. The standard InChI is InChI=1S/C18H16ClFN4/c19-16-8-17(23-18(22-16)10-1-2-10)24-6-5-15-13(9-24)12-7-11(20)3-4-14(12)21-15/h3-4,7-8,10,21H,1-2,5-6,9H2. The summed E-state index contributed by atoms with van der Waals surface area (Å²) in [6.07, 6.45) is 3.17. The highest BCUT2D eigenvalue weighted by molar-refractivity contribution is 6.29. The summed E-state index contributed by atoms with van der Waals surface area (Å²) in [4.78, 5) is 14.7. The Hall–Kier alpha value is -2.14. The van der Waals surface area contributed by atoms with E-state index in [2.05, 4.69) is 14.9 Å². The van der Waals surface area contributed by atoms with Crippen molar-refractivity contribution >= 4 is 28.3 Å². The van der Waals surface area contributed by atoms with Crippen molar-refractivity contribution < 1.29 is 4.39 Å². The van der Waals surface area contributed by atoms with Crippen LogP contribution >= 0.6 is 11.6 Å². The van der Waals surface area contributed by atoms with Crippen LogP contribution in [0.25, 0.3) is 10.9 Å². The number of fused-ring (bicyclic) bond motifs is 3. The van der Waals surface area contributed by atoms with Gasteiger partial charge in [0, 0.05) is 53.7 Å². The summed E-state index contributed by atoms with van der Waals surface area (Å²) >= 11 is 6.20. The number of halogens is 2. The highest BCUT2D eigenvalue weighted by Crippen LogP contribution is 2.39. The maximum atomic E-state index is 13.6. The second-order valence-corrected chi connectivity index (χ2v) is 7.01. The fourth-order valence-corrected chi connectivity index (χ4v) is 3.68. The van der Waals surface area contributed by atoms with E-state index in [9.17, 15) is 4.39 Å². The van der Waals surface area contributed by atoms with Gasteiger partial charge in [0.25, 0.3) is 0 Å². The van der Waals surface area contributed by atoms with Crippen molar-refractivity contribution in [3.63, 3.8) is 0 Å². The van der Waals surface area contributed by atoms with Gasteiger partial charge in [0.15, 0.2) is 0 Å². The van der Waals surface area contributed by atoms with Crippen molar-refractivity contribution in [2.45, 2.75) is 31.7 Å². The molecule has 1 aromatic carbocycles. The largest absolute Gasteiger partial charge is 0.358 e. The lowest BCUT2D eigenvalue weighted by Gasteiger charge is -2.28. The van der Waals surface area contributed by atoms with Crippen LogP contribution in [0.3, 0.4) is 0 Å². The van der Waals surface area contributed by atoms with Gasteiger partial charge in [0.1, 0.15) is 22.6 Å². The summed E-state index contributed by atoms with van der Waals surface area (Å²) < 4.78 is 13.6. The number of benzene rings is 1. The molecule has 24 heavy (non-hydrogen) atoms. The molecule has 1 N–H and O–H groups in total. The predicted octanol–water partition coefficient (Wildman–Crippen LogP) is 4.19. The van der Waals surface area contributed by atoms with E-state index in [4.69, 9.17) is 16.6 Å². The fraction of sp³-hybridized carbons (Fsp3) is 0.333. The Kier molecular flexibility index (Phi) is 3.07. The van der Waals surface area contributed by atoms with Crippen LogP contribution in [0, 0.1) is 5.82 Å². The van der Waals surface area contributed by atoms with E-state index >= 15 is 0 Å².